The van der Waals surface area contributed by atoms with Crippen molar-refractivity contribution in [3.05, 3.63) is 111 Å². The summed E-state index contributed by atoms with van der Waals surface area (Å²) in [5.41, 5.74) is 3.79. The van der Waals surface area contributed by atoms with E-state index in [0.29, 0.717) is 26.0 Å². The number of rotatable bonds is 5. The van der Waals surface area contributed by atoms with E-state index in [0.717, 1.165) is 22.6 Å². The van der Waals surface area contributed by atoms with E-state index in [1.165, 1.54) is 17.8 Å². The number of carbonyl (C=O) groups is 1. The molecule has 1 saturated heterocycles. The molecule has 2 aromatic carbocycles. The number of aromatic nitrogens is 1. The van der Waals surface area contributed by atoms with E-state index in [2.05, 4.69) is 15.9 Å². The fourth-order valence-electron chi connectivity index (χ4n) is 4.01. The highest BCUT2D eigenvalue weighted by Crippen LogP contribution is 2.36. The Morgan fingerprint density at radius 3 is 2.60 bits per heavy atom. The van der Waals surface area contributed by atoms with Gasteiger partial charge in [-0.15, -0.1) is 0 Å². The van der Waals surface area contributed by atoms with E-state index < -0.39 is 0 Å². The molecule has 1 amide bonds. The summed E-state index contributed by atoms with van der Waals surface area (Å²) in [7, 11) is 0. The molecule has 8 heteroatoms. The standard InChI is InChI=1S/C27H21BrFN3O2S/c1-17-13-19(18(2)32(17)24-11-10-20(28)15-23(24)29)14-25-26(33)31(16-22-9-6-12-34-22)27(35-25)30-21-7-4-3-5-8-21/h3-15H,16H2,1-2H3/b25-14-,30-27?. The number of para-hydroxylation sites is 1. The zero-order valence-electron chi connectivity index (χ0n) is 19.0. The molecule has 0 atom stereocenters. The molecule has 1 fully saturated rings. The summed E-state index contributed by atoms with van der Waals surface area (Å²) >= 11 is 4.63. The third-order valence-electron chi connectivity index (χ3n) is 5.67. The third-order valence-corrected chi connectivity index (χ3v) is 7.17. The van der Waals surface area contributed by atoms with Gasteiger partial charge in [0.15, 0.2) is 5.17 Å². The van der Waals surface area contributed by atoms with Crippen molar-refractivity contribution in [1.82, 2.24) is 9.47 Å². The Balaban J connectivity index is 1.53. The van der Waals surface area contributed by atoms with Crippen LogP contribution in [-0.2, 0) is 11.3 Å². The van der Waals surface area contributed by atoms with Crippen molar-refractivity contribution < 1.29 is 13.6 Å². The van der Waals surface area contributed by atoms with E-state index in [1.54, 1.807) is 23.3 Å². The van der Waals surface area contributed by atoms with E-state index in [1.807, 2.05) is 73.0 Å². The first-order valence-corrected chi connectivity index (χ1v) is 12.5. The van der Waals surface area contributed by atoms with Crippen LogP contribution < -0.4 is 0 Å². The number of amidine groups is 1. The van der Waals surface area contributed by atoms with Gasteiger partial charge in [-0.25, -0.2) is 9.38 Å². The Hall–Kier alpha value is -3.36. The fraction of sp³-hybridized carbons (Fsp3) is 0.111. The summed E-state index contributed by atoms with van der Waals surface area (Å²) in [6.45, 7) is 4.13. The first-order valence-electron chi connectivity index (χ1n) is 10.9. The second-order valence-electron chi connectivity index (χ2n) is 8.07. The minimum atomic E-state index is -0.325. The molecule has 0 N–H and O–H groups in total. The van der Waals surface area contributed by atoms with Crippen LogP contribution >= 0.6 is 27.7 Å². The number of amides is 1. The van der Waals surface area contributed by atoms with Crippen molar-refractivity contribution in [2.75, 3.05) is 0 Å². The molecule has 0 unspecified atom stereocenters. The lowest BCUT2D eigenvalue weighted by molar-refractivity contribution is -0.122. The molecule has 1 aliphatic rings. The summed E-state index contributed by atoms with van der Waals surface area (Å²) < 4.78 is 22.7. The Morgan fingerprint density at radius 2 is 1.89 bits per heavy atom. The number of halogens is 2. The molecule has 0 radical (unpaired) electrons. The predicted octanol–water partition coefficient (Wildman–Crippen LogP) is 7.39. The van der Waals surface area contributed by atoms with Crippen LogP contribution in [0.3, 0.4) is 0 Å². The van der Waals surface area contributed by atoms with Gasteiger partial charge in [0.2, 0.25) is 0 Å². The van der Waals surface area contributed by atoms with Gasteiger partial charge in [0.05, 0.1) is 29.1 Å². The monoisotopic (exact) mass is 549 g/mol. The van der Waals surface area contributed by atoms with Crippen LogP contribution in [0.5, 0.6) is 0 Å². The maximum absolute atomic E-state index is 14.7. The van der Waals surface area contributed by atoms with Crippen molar-refractivity contribution >= 4 is 50.5 Å². The Labute approximate surface area is 215 Å². The van der Waals surface area contributed by atoms with Crippen molar-refractivity contribution in [3.63, 3.8) is 0 Å². The largest absolute Gasteiger partial charge is 0.467 e. The van der Waals surface area contributed by atoms with E-state index in [4.69, 9.17) is 9.41 Å². The lowest BCUT2D eigenvalue weighted by Crippen LogP contribution is -2.28. The quantitative estimate of drug-likeness (QED) is 0.244. The zero-order valence-corrected chi connectivity index (χ0v) is 21.4. The van der Waals surface area contributed by atoms with Crippen LogP contribution in [0.2, 0.25) is 0 Å². The van der Waals surface area contributed by atoms with Crippen LogP contribution in [0, 0.1) is 19.7 Å². The van der Waals surface area contributed by atoms with Crippen molar-refractivity contribution in [1.29, 1.82) is 0 Å². The normalized spacial score (nSPS) is 16.1. The van der Waals surface area contributed by atoms with Gasteiger partial charge < -0.3 is 8.98 Å². The number of benzene rings is 2. The maximum Gasteiger partial charge on any atom is 0.267 e. The van der Waals surface area contributed by atoms with Crippen LogP contribution in [0.15, 0.2) is 91.8 Å². The highest BCUT2D eigenvalue weighted by molar-refractivity contribution is 9.10. The summed E-state index contributed by atoms with van der Waals surface area (Å²) in [6, 6.07) is 20.1. The van der Waals surface area contributed by atoms with Crippen LogP contribution in [-0.4, -0.2) is 20.5 Å². The zero-order chi connectivity index (χ0) is 24.5. The van der Waals surface area contributed by atoms with Crippen molar-refractivity contribution in [3.8, 4) is 5.69 Å². The molecule has 0 spiro atoms. The lowest BCUT2D eigenvalue weighted by atomic mass is 10.2. The second kappa shape index (κ2) is 9.71. The van der Waals surface area contributed by atoms with Gasteiger partial charge in [-0.05, 0) is 85.8 Å². The highest BCUT2D eigenvalue weighted by atomic mass is 79.9. The van der Waals surface area contributed by atoms with Gasteiger partial charge in [-0.3, -0.25) is 9.69 Å². The molecular weight excluding hydrogens is 529 g/mol. The van der Waals surface area contributed by atoms with Gasteiger partial charge in [0.1, 0.15) is 11.6 Å². The number of hydrogen-bond donors (Lipinski definition) is 0. The summed E-state index contributed by atoms with van der Waals surface area (Å²) in [5, 5.41) is 0.580. The van der Waals surface area contributed by atoms with Gasteiger partial charge in [-0.1, -0.05) is 34.1 Å². The Kier molecular flexibility index (Phi) is 6.49. The SMILES string of the molecule is Cc1cc(/C=C2\SC(=Nc3ccccc3)N(Cc3ccco3)C2=O)c(C)n1-c1ccc(Br)cc1F. The smallest absolute Gasteiger partial charge is 0.267 e. The maximum atomic E-state index is 14.7. The number of aryl methyl sites for hydroxylation is 1. The van der Waals surface area contributed by atoms with E-state index in [9.17, 15) is 9.18 Å². The van der Waals surface area contributed by atoms with Gasteiger partial charge in [0, 0.05) is 15.9 Å². The predicted molar refractivity (Wildman–Crippen MR) is 141 cm³/mol. The second-order valence-corrected chi connectivity index (χ2v) is 9.99. The van der Waals surface area contributed by atoms with E-state index >= 15 is 0 Å². The summed E-state index contributed by atoms with van der Waals surface area (Å²) in [4.78, 5) is 20.3. The average molecular weight is 550 g/mol. The topological polar surface area (TPSA) is 50.7 Å². The molecule has 35 heavy (non-hydrogen) atoms. The summed E-state index contributed by atoms with van der Waals surface area (Å²) in [5.74, 6) is 0.194. The highest BCUT2D eigenvalue weighted by Gasteiger charge is 2.34. The molecule has 176 valence electrons. The molecule has 1 aliphatic heterocycles. The van der Waals surface area contributed by atoms with Crippen molar-refractivity contribution in [2.45, 2.75) is 20.4 Å². The first kappa shape index (κ1) is 23.4. The van der Waals surface area contributed by atoms with E-state index in [-0.39, 0.29) is 18.3 Å². The minimum absolute atomic E-state index is 0.152. The average Bonchev–Trinajstić information content (AvgIpc) is 3.52. The first-order chi connectivity index (χ1) is 16.9. The van der Waals surface area contributed by atoms with Gasteiger partial charge >= 0.3 is 0 Å². The Morgan fingerprint density at radius 1 is 1.09 bits per heavy atom. The number of nitrogens with zero attached hydrogens (tertiary/aromatic N) is 3. The Bertz CT molecular complexity index is 1460. The van der Waals surface area contributed by atoms with Gasteiger partial charge in [-0.2, -0.15) is 0 Å². The fourth-order valence-corrected chi connectivity index (χ4v) is 5.33. The molecule has 5 rings (SSSR count). The van der Waals surface area contributed by atoms with Gasteiger partial charge in [0.25, 0.3) is 5.91 Å². The molecule has 4 aromatic rings. The number of furan rings is 1. The molecule has 0 bridgehead atoms. The molecule has 2 aromatic heterocycles. The minimum Gasteiger partial charge on any atom is -0.467 e. The summed E-state index contributed by atoms with van der Waals surface area (Å²) in [6.07, 6.45) is 3.44. The molecular formula is C27H21BrFN3O2S. The number of hydrogen-bond acceptors (Lipinski definition) is 4. The van der Waals surface area contributed by atoms with Crippen LogP contribution in [0.4, 0.5) is 10.1 Å². The molecule has 5 nitrogen and oxygen atoms in total. The molecule has 0 saturated carbocycles. The lowest BCUT2D eigenvalue weighted by Gasteiger charge is -2.13. The van der Waals surface area contributed by atoms with Crippen LogP contribution in [0.1, 0.15) is 22.7 Å². The number of carbonyl (C=O) groups excluding carboxylic acids is 1. The van der Waals surface area contributed by atoms with Crippen molar-refractivity contribution in [2.24, 2.45) is 4.99 Å². The number of thioether (sulfide) groups is 1. The third kappa shape index (κ3) is 4.76. The van der Waals surface area contributed by atoms with Crippen LogP contribution in [0.25, 0.3) is 11.8 Å². The molecule has 3 heterocycles. The number of aliphatic imine (C=N–C) groups is 1. The molecule has 0 aliphatic carbocycles.